The van der Waals surface area contributed by atoms with Crippen molar-refractivity contribution in [1.29, 1.82) is 0 Å². The van der Waals surface area contributed by atoms with E-state index in [1.807, 2.05) is 16.7 Å². The zero-order valence-corrected chi connectivity index (χ0v) is 13.9. The molecule has 1 heterocycles. The van der Waals surface area contributed by atoms with Crippen molar-refractivity contribution >= 4 is 20.0 Å². The summed E-state index contributed by atoms with van der Waals surface area (Å²) < 4.78 is 1.99. The van der Waals surface area contributed by atoms with Crippen LogP contribution in [0, 0.1) is 20.8 Å². The van der Waals surface area contributed by atoms with Crippen LogP contribution in [0.5, 0.6) is 0 Å². The maximum atomic E-state index is 9.76. The van der Waals surface area contributed by atoms with Gasteiger partial charge in [-0.2, -0.15) is 0 Å². The molecular formula is C19H22BNO2. The number of aromatic nitrogens is 1. The van der Waals surface area contributed by atoms with Gasteiger partial charge < -0.3 is 14.8 Å². The van der Waals surface area contributed by atoms with E-state index in [0.29, 0.717) is 12.2 Å². The number of hydrogen-bond acceptors (Lipinski definition) is 2. The van der Waals surface area contributed by atoms with Gasteiger partial charge in [0.25, 0.3) is 0 Å². The Morgan fingerprint density at radius 2 is 1.83 bits per heavy atom. The van der Waals surface area contributed by atoms with Crippen molar-refractivity contribution in [3.05, 3.63) is 56.7 Å². The van der Waals surface area contributed by atoms with Gasteiger partial charge in [0.1, 0.15) is 0 Å². The smallest absolute Gasteiger partial charge is 0.194 e. The number of benzene rings is 1. The molecule has 1 aliphatic carbocycles. The highest BCUT2D eigenvalue weighted by molar-refractivity contribution is 6.15. The van der Waals surface area contributed by atoms with Crippen molar-refractivity contribution in [2.75, 3.05) is 0 Å². The maximum absolute atomic E-state index is 9.76. The average molecular weight is 307 g/mol. The van der Waals surface area contributed by atoms with Gasteiger partial charge in [-0.3, -0.25) is 0 Å². The lowest BCUT2D eigenvalue weighted by atomic mass is 9.82. The molecular weight excluding hydrogens is 285 g/mol. The van der Waals surface area contributed by atoms with Gasteiger partial charge in [-0.1, -0.05) is 35.7 Å². The lowest BCUT2D eigenvalue weighted by Crippen LogP contribution is -2.33. The second-order valence-corrected chi connectivity index (χ2v) is 6.52. The fraction of sp³-hybridized carbons (Fsp3) is 0.368. The Bertz CT molecular complexity index is 841. The highest BCUT2D eigenvalue weighted by atomic mass is 16.5. The van der Waals surface area contributed by atoms with Crippen LogP contribution in [0.1, 0.15) is 40.7 Å². The quantitative estimate of drug-likeness (QED) is 0.664. The summed E-state index contributed by atoms with van der Waals surface area (Å²) in [5.74, 6) is -0.00937. The van der Waals surface area contributed by atoms with Crippen LogP contribution >= 0.6 is 0 Å². The van der Waals surface area contributed by atoms with Crippen molar-refractivity contribution in [2.45, 2.75) is 45.8 Å². The van der Waals surface area contributed by atoms with Gasteiger partial charge in [0.15, 0.2) is 6.29 Å². The molecule has 1 atom stereocenters. The Kier molecular flexibility index (Phi) is 4.22. The molecule has 1 aromatic heterocycles. The summed E-state index contributed by atoms with van der Waals surface area (Å²) in [6, 6.07) is 6.16. The maximum Gasteiger partial charge on any atom is 0.194 e. The van der Waals surface area contributed by atoms with E-state index in [0.717, 1.165) is 17.0 Å². The van der Waals surface area contributed by atoms with Crippen LogP contribution in [0.15, 0.2) is 18.2 Å². The third-order valence-corrected chi connectivity index (χ3v) is 4.60. The Morgan fingerprint density at radius 3 is 2.43 bits per heavy atom. The molecule has 1 unspecified atom stereocenters. The minimum atomic E-state index is -1.50. The topological polar surface area (TPSA) is 45.4 Å². The van der Waals surface area contributed by atoms with E-state index in [1.54, 1.807) is 0 Å². The highest BCUT2D eigenvalue weighted by Crippen LogP contribution is 2.19. The molecule has 0 amide bonds. The van der Waals surface area contributed by atoms with Crippen LogP contribution in [0.4, 0.5) is 0 Å². The van der Waals surface area contributed by atoms with Crippen molar-refractivity contribution in [1.82, 2.24) is 4.57 Å². The summed E-state index contributed by atoms with van der Waals surface area (Å²) in [6.45, 7) is 6.92. The first-order chi connectivity index (χ1) is 10.9. The Balaban J connectivity index is 2.17. The number of aliphatic hydroxyl groups is 2. The van der Waals surface area contributed by atoms with Gasteiger partial charge in [0, 0.05) is 11.9 Å². The molecule has 1 aliphatic rings. The summed E-state index contributed by atoms with van der Waals surface area (Å²) in [5, 5.41) is 21.5. The predicted octanol–water partition coefficient (Wildman–Crippen LogP) is 1.37. The van der Waals surface area contributed by atoms with Crippen LogP contribution in [0.3, 0.4) is 0 Å². The van der Waals surface area contributed by atoms with Crippen LogP contribution < -0.4 is 10.6 Å². The molecule has 0 saturated heterocycles. The van der Waals surface area contributed by atoms with Gasteiger partial charge in [-0.05, 0) is 55.2 Å². The number of rotatable bonds is 3. The van der Waals surface area contributed by atoms with E-state index in [1.165, 1.54) is 22.3 Å². The number of nitrogens with zero attached hydrogens (tertiary/aromatic N) is 1. The second kappa shape index (κ2) is 6.02. The van der Waals surface area contributed by atoms with E-state index < -0.39 is 6.29 Å². The second-order valence-electron chi connectivity index (χ2n) is 6.52. The van der Waals surface area contributed by atoms with Crippen LogP contribution in [-0.4, -0.2) is 22.6 Å². The van der Waals surface area contributed by atoms with Gasteiger partial charge in [0.2, 0.25) is 0 Å². The van der Waals surface area contributed by atoms with Crippen LogP contribution in [0.2, 0.25) is 5.82 Å². The molecule has 2 radical (unpaired) electrons. The minimum Gasteiger partial charge on any atom is -0.363 e. The summed E-state index contributed by atoms with van der Waals surface area (Å²) in [6.07, 6.45) is 3.35. The molecule has 3 nitrogen and oxygen atoms in total. The van der Waals surface area contributed by atoms with E-state index in [2.05, 4.69) is 39.0 Å². The fourth-order valence-corrected chi connectivity index (χ4v) is 3.52. The summed E-state index contributed by atoms with van der Waals surface area (Å²) in [5.41, 5.74) is 5.42. The van der Waals surface area contributed by atoms with E-state index in [9.17, 15) is 10.2 Å². The van der Waals surface area contributed by atoms with Gasteiger partial charge >= 0.3 is 0 Å². The van der Waals surface area contributed by atoms with Crippen molar-refractivity contribution < 1.29 is 10.2 Å². The SMILES string of the molecule is [B]C1C=c2cc(C(O)O)n(Cc3c(C)cc(C)cc3C)c2=CC1. The van der Waals surface area contributed by atoms with Crippen molar-refractivity contribution in [3.8, 4) is 0 Å². The van der Waals surface area contributed by atoms with E-state index >= 15 is 0 Å². The number of aliphatic hydroxyl groups excluding tert-OH is 1. The van der Waals surface area contributed by atoms with Gasteiger partial charge in [0.05, 0.1) is 13.5 Å². The van der Waals surface area contributed by atoms with Gasteiger partial charge in [-0.15, -0.1) is 0 Å². The molecule has 0 bridgehead atoms. The standard InChI is InChI=1S/C19H22BNO2/c1-11-6-12(2)16(13(3)7-11)10-21-17-5-4-15(20)8-14(17)9-18(21)19(22)23/h5-9,15,19,22-23H,4,10H2,1-3H3. The first-order valence-corrected chi connectivity index (χ1v) is 7.96. The Morgan fingerprint density at radius 1 is 1.17 bits per heavy atom. The molecule has 2 N–H and O–H groups in total. The number of fused-ring (bicyclic) bond motifs is 1. The zero-order valence-electron chi connectivity index (χ0n) is 13.9. The van der Waals surface area contributed by atoms with Crippen molar-refractivity contribution in [3.63, 3.8) is 0 Å². The van der Waals surface area contributed by atoms with Gasteiger partial charge in [-0.25, -0.2) is 0 Å². The fourth-order valence-electron chi connectivity index (χ4n) is 3.52. The summed E-state index contributed by atoms with van der Waals surface area (Å²) in [7, 11) is 5.98. The molecule has 4 heteroatoms. The highest BCUT2D eigenvalue weighted by Gasteiger charge is 2.16. The summed E-state index contributed by atoms with van der Waals surface area (Å²) in [4.78, 5) is 0. The third kappa shape index (κ3) is 3.01. The predicted molar refractivity (Wildman–Crippen MR) is 93.7 cm³/mol. The molecule has 118 valence electrons. The molecule has 2 aromatic rings. The molecule has 0 fully saturated rings. The Labute approximate surface area is 138 Å². The monoisotopic (exact) mass is 307 g/mol. The Hall–Kier alpha value is -1.78. The molecule has 0 saturated carbocycles. The van der Waals surface area contributed by atoms with E-state index in [-0.39, 0.29) is 5.82 Å². The lowest BCUT2D eigenvalue weighted by molar-refractivity contribution is -0.0482. The largest absolute Gasteiger partial charge is 0.363 e. The average Bonchev–Trinajstić information content (AvgIpc) is 2.80. The number of hydrogen-bond donors (Lipinski definition) is 2. The van der Waals surface area contributed by atoms with Crippen molar-refractivity contribution in [2.24, 2.45) is 0 Å². The first-order valence-electron chi connectivity index (χ1n) is 7.96. The normalized spacial score (nSPS) is 16.9. The molecule has 0 aliphatic heterocycles. The lowest BCUT2D eigenvalue weighted by Gasteiger charge is -2.17. The first kappa shape index (κ1) is 16.1. The number of aryl methyl sites for hydroxylation is 3. The molecule has 0 spiro atoms. The molecule has 3 rings (SSSR count). The molecule has 1 aromatic carbocycles. The van der Waals surface area contributed by atoms with E-state index in [4.69, 9.17) is 7.85 Å². The van der Waals surface area contributed by atoms with Crippen LogP contribution in [-0.2, 0) is 6.54 Å². The minimum absolute atomic E-state index is 0.00937. The molecule has 23 heavy (non-hydrogen) atoms. The summed E-state index contributed by atoms with van der Waals surface area (Å²) >= 11 is 0. The third-order valence-electron chi connectivity index (χ3n) is 4.60. The zero-order chi connectivity index (χ0) is 16.7. The van der Waals surface area contributed by atoms with Crippen LogP contribution in [0.25, 0.3) is 12.2 Å².